The molecule has 252 valence electrons. The van der Waals surface area contributed by atoms with E-state index in [0.29, 0.717) is 0 Å². The van der Waals surface area contributed by atoms with Crippen molar-refractivity contribution in [2.45, 2.75) is 11.6 Å². The number of nitrogens with one attached hydrogen (secondary N) is 1. The summed E-state index contributed by atoms with van der Waals surface area (Å²) in [6.45, 7) is 0. The lowest BCUT2D eigenvalue weighted by Gasteiger charge is -2.39. The van der Waals surface area contributed by atoms with Crippen molar-refractivity contribution in [3.8, 4) is 56.0 Å². The number of benzene rings is 7. The van der Waals surface area contributed by atoms with Crippen molar-refractivity contribution in [2.24, 2.45) is 5.73 Å². The van der Waals surface area contributed by atoms with Gasteiger partial charge in [-0.2, -0.15) is 0 Å². The van der Waals surface area contributed by atoms with Gasteiger partial charge < -0.3 is 15.8 Å². The number of para-hydroxylation sites is 2. The molecule has 1 unspecified atom stereocenters. The third kappa shape index (κ3) is 4.99. The highest BCUT2D eigenvalue weighted by atomic mass is 16.5. The van der Waals surface area contributed by atoms with E-state index in [0.717, 1.165) is 67.4 Å². The first-order valence-corrected chi connectivity index (χ1v) is 18.0. The van der Waals surface area contributed by atoms with E-state index in [1.807, 2.05) is 42.6 Å². The molecule has 0 radical (unpaired) electrons. The van der Waals surface area contributed by atoms with Crippen molar-refractivity contribution in [1.29, 1.82) is 0 Å². The first kappa shape index (κ1) is 31.0. The summed E-state index contributed by atoms with van der Waals surface area (Å²) in [5.41, 5.74) is 21.2. The first-order chi connectivity index (χ1) is 26.2. The van der Waals surface area contributed by atoms with Crippen molar-refractivity contribution in [3.63, 3.8) is 0 Å². The van der Waals surface area contributed by atoms with Gasteiger partial charge in [0.25, 0.3) is 0 Å². The van der Waals surface area contributed by atoms with Crippen molar-refractivity contribution in [2.75, 3.05) is 5.32 Å². The number of ether oxygens (including phenoxy) is 1. The van der Waals surface area contributed by atoms with Crippen LogP contribution in [0.25, 0.3) is 44.5 Å². The number of nitrogens with zero attached hydrogens (tertiary/aromatic N) is 1. The van der Waals surface area contributed by atoms with E-state index in [-0.39, 0.29) is 0 Å². The molecule has 7 aromatic carbocycles. The fourth-order valence-corrected chi connectivity index (χ4v) is 8.35. The Bertz CT molecular complexity index is 2590. The lowest BCUT2D eigenvalue weighted by Crippen LogP contribution is -2.32. The van der Waals surface area contributed by atoms with Crippen molar-refractivity contribution in [1.82, 2.24) is 4.98 Å². The number of rotatable bonds is 6. The molecule has 1 atom stereocenters. The molecule has 0 fully saturated rings. The molecule has 0 bridgehead atoms. The normalized spacial score (nSPS) is 13.6. The highest BCUT2D eigenvalue weighted by molar-refractivity contribution is 5.90. The van der Waals surface area contributed by atoms with Gasteiger partial charge in [-0.1, -0.05) is 158 Å². The fraction of sp³-hybridized carbons (Fsp3) is 0.0408. The topological polar surface area (TPSA) is 60.2 Å². The average molecular weight is 682 g/mol. The summed E-state index contributed by atoms with van der Waals surface area (Å²) in [6.07, 6.45) is 1.45. The van der Waals surface area contributed by atoms with Crippen LogP contribution in [0.2, 0.25) is 0 Å². The molecule has 8 aromatic rings. The summed E-state index contributed by atoms with van der Waals surface area (Å²) in [4.78, 5) is 4.89. The number of nitrogens with two attached hydrogens (primary N) is 1. The molecule has 2 heterocycles. The molecule has 4 nitrogen and oxygen atoms in total. The van der Waals surface area contributed by atoms with Gasteiger partial charge >= 0.3 is 0 Å². The van der Waals surface area contributed by atoms with Crippen molar-refractivity contribution < 1.29 is 4.74 Å². The van der Waals surface area contributed by atoms with Gasteiger partial charge in [0, 0.05) is 28.5 Å². The Labute approximate surface area is 309 Å². The number of anilines is 1. The summed E-state index contributed by atoms with van der Waals surface area (Å²) in [6, 6.07) is 64.1. The van der Waals surface area contributed by atoms with Crippen molar-refractivity contribution >= 4 is 5.82 Å². The highest BCUT2D eigenvalue weighted by Crippen LogP contribution is 2.62. The summed E-state index contributed by atoms with van der Waals surface area (Å²) in [7, 11) is 0. The van der Waals surface area contributed by atoms with Gasteiger partial charge in [0.05, 0.1) is 5.41 Å². The number of aromatic nitrogens is 1. The van der Waals surface area contributed by atoms with E-state index in [9.17, 15) is 0 Å². The molecular formula is C49H35N3O. The van der Waals surface area contributed by atoms with E-state index in [1.165, 1.54) is 22.3 Å². The zero-order chi connectivity index (χ0) is 35.4. The Morgan fingerprint density at radius 3 is 1.70 bits per heavy atom. The van der Waals surface area contributed by atoms with E-state index >= 15 is 0 Å². The molecule has 3 N–H and O–H groups in total. The zero-order valence-corrected chi connectivity index (χ0v) is 28.9. The van der Waals surface area contributed by atoms with E-state index in [2.05, 4.69) is 151 Å². The maximum atomic E-state index is 6.86. The molecule has 2 aliphatic rings. The fourth-order valence-electron chi connectivity index (χ4n) is 8.35. The Morgan fingerprint density at radius 1 is 0.453 bits per heavy atom. The highest BCUT2D eigenvalue weighted by Gasteiger charge is 2.51. The maximum absolute atomic E-state index is 6.86. The van der Waals surface area contributed by atoms with Gasteiger partial charge in [0.1, 0.15) is 23.5 Å². The molecule has 0 saturated heterocycles. The van der Waals surface area contributed by atoms with Gasteiger partial charge in [-0.3, -0.25) is 0 Å². The standard InChI is InChI=1S/C49H35N3O/c50-47(52-48-40(34-15-5-2-6-16-34)29-37(31-51-48)32-13-3-1-4-14-32)35-25-23-33(24-26-35)36-27-28-39-38-17-7-8-18-41(38)49(44(39)30-36)42-19-9-11-21-45(42)53-46-22-12-10-20-43(46)49/h1-31,47H,50H2,(H,51,52). The molecule has 53 heavy (non-hydrogen) atoms. The number of pyridine rings is 1. The Morgan fingerprint density at radius 2 is 1.00 bits per heavy atom. The second kappa shape index (κ2) is 12.5. The van der Waals surface area contributed by atoms with Gasteiger partial charge in [0.2, 0.25) is 0 Å². The van der Waals surface area contributed by atoms with Crippen LogP contribution in [0.5, 0.6) is 11.5 Å². The lowest BCUT2D eigenvalue weighted by molar-refractivity contribution is 0.436. The first-order valence-electron chi connectivity index (χ1n) is 18.0. The molecule has 0 saturated carbocycles. The Balaban J connectivity index is 1.01. The lowest BCUT2D eigenvalue weighted by atomic mass is 9.66. The molecular weight excluding hydrogens is 647 g/mol. The predicted molar refractivity (Wildman–Crippen MR) is 215 cm³/mol. The molecule has 1 spiro atoms. The van der Waals surface area contributed by atoms with Gasteiger partial charge in [-0.25, -0.2) is 4.98 Å². The number of fused-ring (bicyclic) bond motifs is 9. The van der Waals surface area contributed by atoms with Crippen LogP contribution < -0.4 is 15.8 Å². The molecule has 1 aliphatic carbocycles. The second-order valence-electron chi connectivity index (χ2n) is 13.7. The Hall–Kier alpha value is -6.75. The van der Waals surface area contributed by atoms with Crippen LogP contribution in [0.1, 0.15) is 34.0 Å². The van der Waals surface area contributed by atoms with Crippen LogP contribution in [-0.4, -0.2) is 4.98 Å². The van der Waals surface area contributed by atoms with E-state index < -0.39 is 11.6 Å². The largest absolute Gasteiger partial charge is 0.457 e. The maximum Gasteiger partial charge on any atom is 0.135 e. The third-order valence-corrected chi connectivity index (χ3v) is 10.8. The third-order valence-electron chi connectivity index (χ3n) is 10.8. The van der Waals surface area contributed by atoms with Crippen molar-refractivity contribution in [3.05, 3.63) is 216 Å². The molecule has 0 amide bonds. The monoisotopic (exact) mass is 681 g/mol. The molecule has 1 aliphatic heterocycles. The quantitative estimate of drug-likeness (QED) is 0.172. The average Bonchev–Trinajstić information content (AvgIpc) is 3.51. The summed E-state index contributed by atoms with van der Waals surface area (Å²) in [5, 5.41) is 3.52. The predicted octanol–water partition coefficient (Wildman–Crippen LogP) is 11.6. The molecule has 10 rings (SSSR count). The minimum Gasteiger partial charge on any atom is -0.457 e. The van der Waals surface area contributed by atoms with Gasteiger partial charge in [-0.05, 0) is 74.3 Å². The smallest absolute Gasteiger partial charge is 0.135 e. The molecule has 1 aromatic heterocycles. The SMILES string of the molecule is NC(Nc1ncc(-c2ccccc2)cc1-c1ccccc1)c1ccc(-c2ccc3c(c2)C2(c4ccccc4Oc4ccccc42)c2ccccc2-3)cc1. The molecule has 4 heteroatoms. The summed E-state index contributed by atoms with van der Waals surface area (Å²) >= 11 is 0. The number of hydrogen-bond acceptors (Lipinski definition) is 4. The van der Waals surface area contributed by atoms with Crippen LogP contribution in [0.15, 0.2) is 188 Å². The van der Waals surface area contributed by atoms with Gasteiger partial charge in [-0.15, -0.1) is 0 Å². The van der Waals surface area contributed by atoms with Crippen LogP contribution >= 0.6 is 0 Å². The minimum atomic E-state index is -0.501. The van der Waals surface area contributed by atoms with Crippen LogP contribution in [0.3, 0.4) is 0 Å². The summed E-state index contributed by atoms with van der Waals surface area (Å²) < 4.78 is 6.52. The van der Waals surface area contributed by atoms with Gasteiger partial charge in [0.15, 0.2) is 0 Å². The van der Waals surface area contributed by atoms with Crippen LogP contribution in [-0.2, 0) is 5.41 Å². The summed E-state index contributed by atoms with van der Waals surface area (Å²) in [5.74, 6) is 2.53. The zero-order valence-electron chi connectivity index (χ0n) is 28.9. The number of hydrogen-bond donors (Lipinski definition) is 2. The second-order valence-corrected chi connectivity index (χ2v) is 13.7. The van der Waals surface area contributed by atoms with Crippen LogP contribution in [0, 0.1) is 0 Å². The van der Waals surface area contributed by atoms with Crippen LogP contribution in [0.4, 0.5) is 5.82 Å². The minimum absolute atomic E-state index is 0.463. The Kier molecular flexibility index (Phi) is 7.31. The van der Waals surface area contributed by atoms with E-state index in [4.69, 9.17) is 15.5 Å². The van der Waals surface area contributed by atoms with E-state index in [1.54, 1.807) is 0 Å².